The molecule has 0 bridgehead atoms. The number of imidazole rings is 1. The van der Waals surface area contributed by atoms with Crippen LogP contribution < -0.4 is 5.32 Å². The lowest BCUT2D eigenvalue weighted by Crippen LogP contribution is -2.10. The summed E-state index contributed by atoms with van der Waals surface area (Å²) in [6, 6.07) is 6.01. The van der Waals surface area contributed by atoms with E-state index >= 15 is 0 Å². The van der Waals surface area contributed by atoms with Crippen LogP contribution in [0.1, 0.15) is 29.7 Å². The number of halogens is 2. The highest BCUT2D eigenvalue weighted by Gasteiger charge is 2.14. The molecule has 1 heterocycles. The third-order valence-corrected chi connectivity index (χ3v) is 2.73. The summed E-state index contributed by atoms with van der Waals surface area (Å²) in [5, 5.41) is 2.56. The number of rotatable bonds is 5. The van der Waals surface area contributed by atoms with E-state index in [1.807, 2.05) is 0 Å². The molecular formula is C14H13F2N3O3. The van der Waals surface area contributed by atoms with E-state index in [2.05, 4.69) is 10.3 Å². The van der Waals surface area contributed by atoms with Gasteiger partial charge in [0.05, 0.1) is 5.56 Å². The summed E-state index contributed by atoms with van der Waals surface area (Å²) in [5.74, 6) is -0.939. The van der Waals surface area contributed by atoms with Gasteiger partial charge in [-0.25, -0.2) is 9.78 Å². The van der Waals surface area contributed by atoms with Crippen LogP contribution in [0.2, 0.25) is 0 Å². The van der Waals surface area contributed by atoms with Crippen molar-refractivity contribution in [2.75, 3.05) is 5.32 Å². The summed E-state index contributed by atoms with van der Waals surface area (Å²) in [4.78, 5) is 26.4. The number of aromatic nitrogens is 2. The summed E-state index contributed by atoms with van der Waals surface area (Å²) in [5.41, 5.74) is 0.779. The summed E-state index contributed by atoms with van der Waals surface area (Å²) in [6.07, 6.45) is 2.31. The second-order valence-electron chi connectivity index (χ2n) is 4.36. The van der Waals surface area contributed by atoms with Crippen molar-refractivity contribution in [1.82, 2.24) is 9.55 Å². The SMILES string of the molecule is CC(=O)Nc1ccc(C(=O)OCc2nccn2C(F)F)cc1. The molecule has 1 amide bonds. The highest BCUT2D eigenvalue weighted by molar-refractivity contribution is 5.92. The number of esters is 1. The Bertz CT molecular complexity index is 668. The van der Waals surface area contributed by atoms with Gasteiger partial charge in [0.2, 0.25) is 5.91 Å². The minimum atomic E-state index is -2.74. The fourth-order valence-corrected chi connectivity index (χ4v) is 1.74. The lowest BCUT2D eigenvalue weighted by Gasteiger charge is -2.08. The Labute approximate surface area is 124 Å². The maximum absolute atomic E-state index is 12.6. The fourth-order valence-electron chi connectivity index (χ4n) is 1.74. The predicted octanol–water partition coefficient (Wildman–Crippen LogP) is 2.59. The molecule has 0 atom stereocenters. The van der Waals surface area contributed by atoms with Gasteiger partial charge in [-0.15, -0.1) is 0 Å². The molecule has 0 aliphatic heterocycles. The van der Waals surface area contributed by atoms with Gasteiger partial charge in [-0.05, 0) is 24.3 Å². The lowest BCUT2D eigenvalue weighted by atomic mass is 10.2. The van der Waals surface area contributed by atoms with Crippen molar-refractivity contribution >= 4 is 17.6 Å². The Morgan fingerprint density at radius 3 is 2.59 bits per heavy atom. The number of nitrogens with zero attached hydrogens (tertiary/aromatic N) is 2. The molecular weight excluding hydrogens is 296 g/mol. The molecule has 6 nitrogen and oxygen atoms in total. The third-order valence-electron chi connectivity index (χ3n) is 2.73. The van der Waals surface area contributed by atoms with Crippen LogP contribution in [0.25, 0.3) is 0 Å². The first-order chi connectivity index (χ1) is 10.5. The van der Waals surface area contributed by atoms with Gasteiger partial charge >= 0.3 is 12.5 Å². The number of alkyl halides is 2. The summed E-state index contributed by atoms with van der Waals surface area (Å²) >= 11 is 0. The third kappa shape index (κ3) is 3.87. The smallest absolute Gasteiger partial charge is 0.338 e. The highest BCUT2D eigenvalue weighted by atomic mass is 19.3. The fraction of sp³-hybridized carbons (Fsp3) is 0.214. The zero-order chi connectivity index (χ0) is 16.1. The van der Waals surface area contributed by atoms with Crippen molar-refractivity contribution in [1.29, 1.82) is 0 Å². The number of anilines is 1. The van der Waals surface area contributed by atoms with Crippen LogP contribution >= 0.6 is 0 Å². The zero-order valence-electron chi connectivity index (χ0n) is 11.6. The van der Waals surface area contributed by atoms with Gasteiger partial charge < -0.3 is 10.1 Å². The Morgan fingerprint density at radius 1 is 1.32 bits per heavy atom. The van der Waals surface area contributed by atoms with Crippen molar-refractivity contribution in [2.24, 2.45) is 0 Å². The Hall–Kier alpha value is -2.77. The molecule has 0 aliphatic carbocycles. The zero-order valence-corrected chi connectivity index (χ0v) is 11.6. The molecule has 8 heteroatoms. The molecule has 2 rings (SSSR count). The maximum Gasteiger partial charge on any atom is 0.338 e. The average Bonchev–Trinajstić information content (AvgIpc) is 2.93. The number of ether oxygens (including phenoxy) is 1. The van der Waals surface area contributed by atoms with Crippen molar-refractivity contribution in [3.63, 3.8) is 0 Å². The van der Waals surface area contributed by atoms with Crippen LogP contribution in [-0.2, 0) is 16.1 Å². The maximum atomic E-state index is 12.6. The van der Waals surface area contributed by atoms with Crippen LogP contribution in [-0.4, -0.2) is 21.4 Å². The van der Waals surface area contributed by atoms with Gasteiger partial charge in [0.1, 0.15) is 6.61 Å². The van der Waals surface area contributed by atoms with Gasteiger partial charge in [-0.2, -0.15) is 8.78 Å². The summed E-state index contributed by atoms with van der Waals surface area (Å²) in [7, 11) is 0. The van der Waals surface area contributed by atoms with E-state index in [4.69, 9.17) is 4.74 Å². The summed E-state index contributed by atoms with van der Waals surface area (Å²) < 4.78 is 30.8. The molecule has 0 aliphatic rings. The van der Waals surface area contributed by atoms with E-state index in [0.29, 0.717) is 10.3 Å². The van der Waals surface area contributed by atoms with E-state index in [1.54, 1.807) is 0 Å². The van der Waals surface area contributed by atoms with Gasteiger partial charge in [-0.1, -0.05) is 0 Å². The molecule has 1 N–H and O–H groups in total. The van der Waals surface area contributed by atoms with Crippen molar-refractivity contribution in [3.05, 3.63) is 48.0 Å². The Kier molecular flexibility index (Phi) is 4.82. The van der Waals surface area contributed by atoms with E-state index in [-0.39, 0.29) is 23.9 Å². The number of hydrogen-bond donors (Lipinski definition) is 1. The monoisotopic (exact) mass is 309 g/mol. The van der Waals surface area contributed by atoms with Crippen LogP contribution in [0.4, 0.5) is 14.5 Å². The van der Waals surface area contributed by atoms with Crippen LogP contribution in [0.15, 0.2) is 36.7 Å². The minimum Gasteiger partial charge on any atom is -0.454 e. The molecule has 1 aromatic carbocycles. The molecule has 0 saturated carbocycles. The standard InChI is InChI=1S/C14H13F2N3O3/c1-9(20)18-11-4-2-10(3-5-11)13(21)22-8-12-17-6-7-19(12)14(15)16/h2-7,14H,8H2,1H3,(H,18,20). The molecule has 22 heavy (non-hydrogen) atoms. The normalized spacial score (nSPS) is 10.5. The number of carbonyl (C=O) groups is 2. The molecule has 0 spiro atoms. The Balaban J connectivity index is 1.97. The topological polar surface area (TPSA) is 73.2 Å². The van der Waals surface area contributed by atoms with Gasteiger partial charge in [0.15, 0.2) is 5.82 Å². The lowest BCUT2D eigenvalue weighted by molar-refractivity contribution is -0.114. The second-order valence-corrected chi connectivity index (χ2v) is 4.36. The van der Waals surface area contributed by atoms with Crippen molar-refractivity contribution in [2.45, 2.75) is 20.1 Å². The van der Waals surface area contributed by atoms with Crippen molar-refractivity contribution in [3.8, 4) is 0 Å². The van der Waals surface area contributed by atoms with E-state index in [0.717, 1.165) is 6.20 Å². The second kappa shape index (κ2) is 6.79. The number of nitrogens with one attached hydrogen (secondary N) is 1. The largest absolute Gasteiger partial charge is 0.454 e. The first-order valence-electron chi connectivity index (χ1n) is 6.32. The van der Waals surface area contributed by atoms with Crippen LogP contribution in [0, 0.1) is 0 Å². The van der Waals surface area contributed by atoms with Gasteiger partial charge in [-0.3, -0.25) is 9.36 Å². The first kappa shape index (κ1) is 15.6. The average molecular weight is 309 g/mol. The highest BCUT2D eigenvalue weighted by Crippen LogP contribution is 2.14. The quantitative estimate of drug-likeness (QED) is 0.862. The van der Waals surface area contributed by atoms with Crippen LogP contribution in [0.5, 0.6) is 0 Å². The molecule has 1 aromatic heterocycles. The molecule has 0 saturated heterocycles. The minimum absolute atomic E-state index is 0.0433. The number of amides is 1. The number of benzene rings is 1. The van der Waals surface area contributed by atoms with Gasteiger partial charge in [0, 0.05) is 25.0 Å². The Morgan fingerprint density at radius 2 is 2.00 bits per heavy atom. The summed E-state index contributed by atoms with van der Waals surface area (Å²) in [6.45, 7) is -1.73. The molecule has 2 aromatic rings. The number of carbonyl (C=O) groups excluding carboxylic acids is 2. The van der Waals surface area contributed by atoms with Gasteiger partial charge in [0.25, 0.3) is 0 Å². The molecule has 0 radical (unpaired) electrons. The predicted molar refractivity (Wildman–Crippen MR) is 73.3 cm³/mol. The van der Waals surface area contributed by atoms with Crippen molar-refractivity contribution < 1.29 is 23.1 Å². The first-order valence-corrected chi connectivity index (χ1v) is 6.32. The van der Waals surface area contributed by atoms with E-state index in [1.165, 1.54) is 37.4 Å². The molecule has 116 valence electrons. The number of hydrogen-bond acceptors (Lipinski definition) is 4. The van der Waals surface area contributed by atoms with E-state index in [9.17, 15) is 18.4 Å². The van der Waals surface area contributed by atoms with Crippen LogP contribution in [0.3, 0.4) is 0 Å². The van der Waals surface area contributed by atoms with E-state index < -0.39 is 12.5 Å². The molecule has 0 unspecified atom stereocenters. The molecule has 0 fully saturated rings.